The predicted molar refractivity (Wildman–Crippen MR) is 127 cm³/mol. The van der Waals surface area contributed by atoms with Gasteiger partial charge in [-0.25, -0.2) is 9.78 Å². The fourth-order valence-corrected chi connectivity index (χ4v) is 4.85. The van der Waals surface area contributed by atoms with E-state index in [0.29, 0.717) is 0 Å². The Morgan fingerprint density at radius 3 is 2.81 bits per heavy atom. The fraction of sp³-hybridized carbons (Fsp3) is 0.320. The second-order valence-electron chi connectivity index (χ2n) is 8.40. The number of aromatic nitrogens is 4. The maximum absolute atomic E-state index is 12.4. The maximum Gasteiger partial charge on any atom is 0.319 e. The van der Waals surface area contributed by atoms with E-state index < -0.39 is 6.03 Å². The third-order valence-electron chi connectivity index (χ3n) is 6.41. The molecular formula is C25H28N6O. The molecule has 164 valence electrons. The van der Waals surface area contributed by atoms with Gasteiger partial charge in [0.2, 0.25) is 0 Å². The summed E-state index contributed by atoms with van der Waals surface area (Å²) in [5, 5.41) is 5.93. The molecule has 5 rings (SSSR count). The maximum atomic E-state index is 12.4. The molecule has 3 N–H and O–H groups in total. The van der Waals surface area contributed by atoms with E-state index in [0.717, 1.165) is 71.3 Å². The summed E-state index contributed by atoms with van der Waals surface area (Å²) in [6.45, 7) is 2.84. The number of aryl methyl sites for hydroxylation is 1. The van der Waals surface area contributed by atoms with Gasteiger partial charge in [-0.15, -0.1) is 0 Å². The molecule has 4 aromatic rings. The van der Waals surface area contributed by atoms with Crippen molar-refractivity contribution in [3.8, 4) is 22.4 Å². The van der Waals surface area contributed by atoms with Crippen LogP contribution in [0.4, 0.5) is 10.5 Å². The zero-order chi connectivity index (χ0) is 22.1. The summed E-state index contributed by atoms with van der Waals surface area (Å²) in [6.07, 6.45) is 11.3. The average Bonchev–Trinajstić information content (AvgIpc) is 3.47. The van der Waals surface area contributed by atoms with Crippen LogP contribution in [-0.2, 0) is 6.54 Å². The van der Waals surface area contributed by atoms with Crippen LogP contribution in [0.3, 0.4) is 0 Å². The Morgan fingerprint density at radius 2 is 2.03 bits per heavy atom. The number of anilines is 1. The van der Waals surface area contributed by atoms with Crippen LogP contribution in [-0.4, -0.2) is 31.8 Å². The summed E-state index contributed by atoms with van der Waals surface area (Å²) < 4.78 is 1.95. The second kappa shape index (κ2) is 8.49. The molecule has 1 aliphatic carbocycles. The number of amides is 2. The zero-order valence-corrected chi connectivity index (χ0v) is 18.3. The topological polar surface area (TPSA) is 92.8 Å². The van der Waals surface area contributed by atoms with Crippen LogP contribution in [0.25, 0.3) is 33.4 Å². The number of primary amides is 1. The van der Waals surface area contributed by atoms with Gasteiger partial charge in [-0.2, -0.15) is 5.10 Å². The molecule has 7 heteroatoms. The van der Waals surface area contributed by atoms with Crippen molar-refractivity contribution in [1.82, 2.24) is 19.7 Å². The van der Waals surface area contributed by atoms with Crippen molar-refractivity contribution in [2.45, 2.75) is 51.6 Å². The van der Waals surface area contributed by atoms with Crippen LogP contribution in [0.2, 0.25) is 0 Å². The number of nitrogens with two attached hydrogens (primary N) is 1. The van der Waals surface area contributed by atoms with Crippen molar-refractivity contribution < 1.29 is 4.79 Å². The first-order chi connectivity index (χ1) is 15.7. The van der Waals surface area contributed by atoms with Crippen molar-refractivity contribution in [3.05, 3.63) is 55.0 Å². The van der Waals surface area contributed by atoms with Crippen LogP contribution in [0.15, 0.2) is 55.0 Å². The molecule has 2 amide bonds. The fourth-order valence-electron chi connectivity index (χ4n) is 4.85. The van der Waals surface area contributed by atoms with Gasteiger partial charge in [0, 0.05) is 53.4 Å². The van der Waals surface area contributed by atoms with E-state index >= 15 is 0 Å². The summed E-state index contributed by atoms with van der Waals surface area (Å²) in [7, 11) is 0. The molecule has 1 aliphatic rings. The van der Waals surface area contributed by atoms with Gasteiger partial charge in [0.15, 0.2) is 0 Å². The lowest BCUT2D eigenvalue weighted by Gasteiger charge is -2.33. The Kier molecular flexibility index (Phi) is 5.39. The minimum atomic E-state index is -0.392. The van der Waals surface area contributed by atoms with E-state index in [9.17, 15) is 4.79 Å². The van der Waals surface area contributed by atoms with Crippen LogP contribution < -0.4 is 10.6 Å². The minimum Gasteiger partial charge on any atom is -0.351 e. The summed E-state index contributed by atoms with van der Waals surface area (Å²) in [4.78, 5) is 21.8. The molecule has 1 aromatic carbocycles. The first-order valence-corrected chi connectivity index (χ1v) is 11.3. The number of aromatic amines is 1. The number of hydrogen-bond acceptors (Lipinski definition) is 3. The molecule has 3 heterocycles. The predicted octanol–water partition coefficient (Wildman–Crippen LogP) is 5.33. The van der Waals surface area contributed by atoms with Gasteiger partial charge in [-0.05, 0) is 49.6 Å². The van der Waals surface area contributed by atoms with E-state index in [4.69, 9.17) is 10.8 Å². The van der Waals surface area contributed by atoms with Gasteiger partial charge in [0.1, 0.15) is 11.3 Å². The number of carbonyl (C=O) groups is 1. The van der Waals surface area contributed by atoms with Gasteiger partial charge in [-0.1, -0.05) is 31.4 Å². The molecule has 1 fully saturated rings. The highest BCUT2D eigenvalue weighted by Crippen LogP contribution is 2.37. The largest absolute Gasteiger partial charge is 0.351 e. The van der Waals surface area contributed by atoms with Crippen molar-refractivity contribution in [2.75, 3.05) is 4.90 Å². The average molecular weight is 429 g/mol. The number of carbonyl (C=O) groups excluding carboxylic acids is 1. The third kappa shape index (κ3) is 3.64. The van der Waals surface area contributed by atoms with E-state index in [1.807, 2.05) is 53.5 Å². The monoisotopic (exact) mass is 428 g/mol. The first-order valence-electron chi connectivity index (χ1n) is 11.3. The normalized spacial score (nSPS) is 14.7. The summed E-state index contributed by atoms with van der Waals surface area (Å²) in [5.41, 5.74) is 11.5. The molecule has 0 unspecified atom stereocenters. The van der Waals surface area contributed by atoms with Crippen molar-refractivity contribution >= 4 is 22.8 Å². The number of fused-ring (bicyclic) bond motifs is 1. The number of urea groups is 1. The standard InChI is InChI=1S/C25H28N6O/c1-2-30-16-22(20-11-13-27-24-21(20)12-14-28-24)23(29-30)17-7-6-10-19(15-17)31(25(26)32)18-8-4-3-5-9-18/h6-7,10-16,18H,2-5,8-9H2,1H3,(H2,26,32)(H,27,28). The summed E-state index contributed by atoms with van der Waals surface area (Å²) in [5.74, 6) is 0. The number of nitrogens with zero attached hydrogens (tertiary/aromatic N) is 4. The SMILES string of the molecule is CCn1cc(-c2ccnc3[nH]ccc23)c(-c2cccc(N(C(N)=O)C3CCCCC3)c2)n1. The van der Waals surface area contributed by atoms with E-state index in [1.54, 1.807) is 4.90 Å². The highest BCUT2D eigenvalue weighted by atomic mass is 16.2. The number of hydrogen-bond donors (Lipinski definition) is 2. The van der Waals surface area contributed by atoms with Gasteiger partial charge in [0.25, 0.3) is 0 Å². The lowest BCUT2D eigenvalue weighted by atomic mass is 9.93. The van der Waals surface area contributed by atoms with Crippen LogP contribution in [0.5, 0.6) is 0 Å². The zero-order valence-electron chi connectivity index (χ0n) is 18.3. The van der Waals surface area contributed by atoms with Crippen LogP contribution in [0.1, 0.15) is 39.0 Å². The molecule has 0 atom stereocenters. The Bertz CT molecular complexity index is 1250. The third-order valence-corrected chi connectivity index (χ3v) is 6.41. The molecule has 3 aromatic heterocycles. The van der Waals surface area contributed by atoms with Gasteiger partial charge >= 0.3 is 6.03 Å². The van der Waals surface area contributed by atoms with Crippen molar-refractivity contribution in [1.29, 1.82) is 0 Å². The first kappa shape index (κ1) is 20.3. The van der Waals surface area contributed by atoms with E-state index in [1.165, 1.54) is 6.42 Å². The molecule has 7 nitrogen and oxygen atoms in total. The van der Waals surface area contributed by atoms with E-state index in [-0.39, 0.29) is 6.04 Å². The molecule has 1 saturated carbocycles. The number of rotatable bonds is 5. The molecule has 0 spiro atoms. The number of benzene rings is 1. The minimum absolute atomic E-state index is 0.156. The van der Waals surface area contributed by atoms with Gasteiger partial charge in [0.05, 0.1) is 0 Å². The highest BCUT2D eigenvalue weighted by molar-refractivity contribution is 5.97. The summed E-state index contributed by atoms with van der Waals surface area (Å²) >= 11 is 0. The Labute approximate surface area is 187 Å². The van der Waals surface area contributed by atoms with Gasteiger partial charge < -0.3 is 10.7 Å². The van der Waals surface area contributed by atoms with Gasteiger partial charge in [-0.3, -0.25) is 9.58 Å². The number of nitrogens with one attached hydrogen (secondary N) is 1. The Hall–Kier alpha value is -3.61. The number of H-pyrrole nitrogens is 1. The highest BCUT2D eigenvalue weighted by Gasteiger charge is 2.26. The van der Waals surface area contributed by atoms with Crippen LogP contribution >= 0.6 is 0 Å². The lowest BCUT2D eigenvalue weighted by molar-refractivity contribution is 0.249. The number of pyridine rings is 1. The molecule has 0 aliphatic heterocycles. The van der Waals surface area contributed by atoms with Crippen molar-refractivity contribution in [2.24, 2.45) is 5.73 Å². The Morgan fingerprint density at radius 1 is 1.19 bits per heavy atom. The quantitative estimate of drug-likeness (QED) is 0.450. The lowest BCUT2D eigenvalue weighted by Crippen LogP contribution is -2.44. The van der Waals surface area contributed by atoms with Crippen molar-refractivity contribution in [3.63, 3.8) is 0 Å². The molecule has 0 saturated heterocycles. The molecule has 0 radical (unpaired) electrons. The molecule has 32 heavy (non-hydrogen) atoms. The molecule has 0 bridgehead atoms. The Balaban J connectivity index is 1.61. The smallest absolute Gasteiger partial charge is 0.319 e. The second-order valence-corrected chi connectivity index (χ2v) is 8.40. The van der Waals surface area contributed by atoms with E-state index in [2.05, 4.69) is 23.1 Å². The summed E-state index contributed by atoms with van der Waals surface area (Å²) in [6, 6.07) is 11.9. The molecular weight excluding hydrogens is 400 g/mol. The van der Waals surface area contributed by atoms with Crippen LogP contribution in [0, 0.1) is 0 Å².